The van der Waals surface area contributed by atoms with Crippen molar-refractivity contribution in [3.05, 3.63) is 72.2 Å². The maximum absolute atomic E-state index is 10.3. The number of hydrogen-bond acceptors (Lipinski definition) is 2. The van der Waals surface area contributed by atoms with Crippen molar-refractivity contribution >= 4 is 21.7 Å². The van der Waals surface area contributed by atoms with Gasteiger partial charge in [-0.15, -0.1) is 0 Å². The molecule has 0 aliphatic carbocycles. The molecule has 3 heteroatoms. The summed E-state index contributed by atoms with van der Waals surface area (Å²) in [7, 11) is 0. The first-order chi connectivity index (χ1) is 10.7. The average molecular weight is 289 g/mol. The van der Waals surface area contributed by atoms with Gasteiger partial charge in [-0.2, -0.15) is 0 Å². The van der Waals surface area contributed by atoms with Crippen LogP contribution in [0.4, 0.5) is 0 Å². The SMILES string of the molecule is Oc1c(-c2ccccc2)oc2cc3ccccc3cc2c1=[OH+]. The van der Waals surface area contributed by atoms with Gasteiger partial charge < -0.3 is 9.52 Å². The second kappa shape index (κ2) is 4.74. The van der Waals surface area contributed by atoms with Crippen LogP contribution in [0.25, 0.3) is 33.1 Å². The third-order valence-electron chi connectivity index (χ3n) is 3.79. The van der Waals surface area contributed by atoms with Crippen molar-refractivity contribution in [2.24, 2.45) is 0 Å². The summed E-state index contributed by atoms with van der Waals surface area (Å²) in [5.74, 6) is 0.0230. The minimum atomic E-state index is -0.242. The van der Waals surface area contributed by atoms with E-state index in [2.05, 4.69) is 0 Å². The quantitative estimate of drug-likeness (QED) is 0.426. The van der Waals surface area contributed by atoms with Gasteiger partial charge >= 0.3 is 5.43 Å². The van der Waals surface area contributed by atoms with E-state index in [0.717, 1.165) is 10.8 Å². The van der Waals surface area contributed by atoms with E-state index < -0.39 is 0 Å². The molecule has 0 fully saturated rings. The van der Waals surface area contributed by atoms with Gasteiger partial charge in [0.25, 0.3) is 5.75 Å². The van der Waals surface area contributed by atoms with Crippen molar-refractivity contribution in [2.75, 3.05) is 0 Å². The zero-order valence-corrected chi connectivity index (χ0v) is 11.7. The molecule has 2 N–H and O–H groups in total. The zero-order chi connectivity index (χ0) is 15.1. The molecule has 4 rings (SSSR count). The molecule has 0 saturated heterocycles. The molecule has 4 aromatic rings. The molecule has 0 amide bonds. The molecule has 106 valence electrons. The second-order valence-corrected chi connectivity index (χ2v) is 5.19. The summed E-state index contributed by atoms with van der Waals surface area (Å²) in [6.07, 6.45) is 0. The number of rotatable bonds is 1. The fourth-order valence-electron chi connectivity index (χ4n) is 2.67. The summed E-state index contributed by atoms with van der Waals surface area (Å²) < 4.78 is 5.86. The lowest BCUT2D eigenvalue weighted by atomic mass is 10.1. The van der Waals surface area contributed by atoms with Crippen LogP contribution in [0.1, 0.15) is 0 Å². The summed E-state index contributed by atoms with van der Waals surface area (Å²) >= 11 is 0. The normalized spacial score (nSPS) is 11.1. The van der Waals surface area contributed by atoms with Crippen LogP contribution >= 0.6 is 0 Å². The Morgan fingerprint density at radius 1 is 0.818 bits per heavy atom. The third-order valence-corrected chi connectivity index (χ3v) is 3.79. The first kappa shape index (κ1) is 12.7. The van der Waals surface area contributed by atoms with Gasteiger partial charge in [0.1, 0.15) is 11.0 Å². The first-order valence-electron chi connectivity index (χ1n) is 7.00. The van der Waals surface area contributed by atoms with Crippen LogP contribution in [0.15, 0.2) is 71.1 Å². The maximum Gasteiger partial charge on any atom is 0.396 e. The zero-order valence-electron chi connectivity index (χ0n) is 11.7. The Kier molecular flexibility index (Phi) is 2.73. The lowest BCUT2D eigenvalue weighted by molar-refractivity contribution is 0.421. The molecule has 0 aliphatic rings. The maximum atomic E-state index is 10.3. The second-order valence-electron chi connectivity index (χ2n) is 5.19. The summed E-state index contributed by atoms with van der Waals surface area (Å²) in [5.41, 5.74) is 1.09. The Bertz CT molecular complexity index is 1050. The largest absolute Gasteiger partial charge is 0.498 e. The lowest BCUT2D eigenvalue weighted by Crippen LogP contribution is -2.04. The molecule has 0 aliphatic heterocycles. The van der Waals surface area contributed by atoms with E-state index >= 15 is 0 Å². The van der Waals surface area contributed by atoms with Crippen molar-refractivity contribution in [3.63, 3.8) is 0 Å². The molecule has 1 heterocycles. The van der Waals surface area contributed by atoms with Gasteiger partial charge in [0.15, 0.2) is 5.76 Å². The molecule has 3 nitrogen and oxygen atoms in total. The van der Waals surface area contributed by atoms with Gasteiger partial charge in [0.05, 0.1) is 0 Å². The molecule has 3 aromatic carbocycles. The highest BCUT2D eigenvalue weighted by Gasteiger charge is 2.19. The van der Waals surface area contributed by atoms with Gasteiger partial charge in [-0.3, -0.25) is 4.79 Å². The number of aromatic hydroxyl groups is 1. The van der Waals surface area contributed by atoms with Crippen molar-refractivity contribution in [1.82, 2.24) is 0 Å². The number of fused-ring (bicyclic) bond motifs is 2. The fraction of sp³-hybridized carbons (Fsp3) is 0. The predicted molar refractivity (Wildman–Crippen MR) is 85.9 cm³/mol. The van der Waals surface area contributed by atoms with E-state index in [4.69, 9.17) is 4.42 Å². The van der Waals surface area contributed by atoms with Crippen molar-refractivity contribution in [2.45, 2.75) is 0 Å². The van der Waals surface area contributed by atoms with Crippen molar-refractivity contribution < 1.29 is 14.3 Å². The van der Waals surface area contributed by atoms with Crippen molar-refractivity contribution in [1.29, 1.82) is 0 Å². The lowest BCUT2D eigenvalue weighted by Gasteiger charge is -2.05. The Morgan fingerprint density at radius 3 is 2.18 bits per heavy atom. The summed E-state index contributed by atoms with van der Waals surface area (Å²) in [4.78, 5) is 10.3. The monoisotopic (exact) mass is 289 g/mol. The summed E-state index contributed by atoms with van der Waals surface area (Å²) in [6.45, 7) is 0. The van der Waals surface area contributed by atoms with Crippen molar-refractivity contribution in [3.8, 4) is 17.1 Å². The molecule has 0 atom stereocenters. The molecule has 0 radical (unpaired) electrons. The van der Waals surface area contributed by atoms with Gasteiger partial charge in [0, 0.05) is 5.56 Å². The minimum Gasteiger partial charge on any atom is -0.498 e. The highest BCUT2D eigenvalue weighted by Crippen LogP contribution is 2.31. The Balaban J connectivity index is 2.11. The van der Waals surface area contributed by atoms with Gasteiger partial charge in [0.2, 0.25) is 0 Å². The Labute approximate surface area is 126 Å². The molecule has 0 saturated carbocycles. The standard InChI is InChI=1S/C19H12O3/c20-17-15-10-13-8-4-5-9-14(13)11-16(15)22-19(18(17)21)12-6-2-1-3-7-12/h1-11,21H/p+1. The van der Waals surface area contributed by atoms with Gasteiger partial charge in [-0.1, -0.05) is 54.6 Å². The minimum absolute atomic E-state index is 0.161. The molecular weight excluding hydrogens is 276 g/mol. The first-order valence-corrected chi connectivity index (χ1v) is 7.00. The topological polar surface area (TPSA) is 54.8 Å². The van der Waals surface area contributed by atoms with E-state index in [-0.39, 0.29) is 16.9 Å². The summed E-state index contributed by atoms with van der Waals surface area (Å²) in [6, 6.07) is 20.7. The highest BCUT2D eigenvalue weighted by atomic mass is 16.4. The third kappa shape index (κ3) is 1.87. The number of benzene rings is 3. The van der Waals surface area contributed by atoms with Crippen LogP contribution in [-0.2, 0) is 0 Å². The fourth-order valence-corrected chi connectivity index (χ4v) is 2.67. The number of hydrogen-bond donors (Lipinski definition) is 1. The molecule has 0 bridgehead atoms. The molecule has 22 heavy (non-hydrogen) atoms. The van der Waals surface area contributed by atoms with Crippen LogP contribution in [0, 0.1) is 0 Å². The molecule has 0 spiro atoms. The van der Waals surface area contributed by atoms with Crippen LogP contribution in [0.3, 0.4) is 0 Å². The van der Waals surface area contributed by atoms with Crippen LogP contribution < -0.4 is 5.43 Å². The van der Waals surface area contributed by atoms with E-state index in [1.54, 1.807) is 0 Å². The van der Waals surface area contributed by atoms with Crippen LogP contribution in [0.5, 0.6) is 5.75 Å². The smallest absolute Gasteiger partial charge is 0.396 e. The molecular formula is C19H13O3+. The highest BCUT2D eigenvalue weighted by molar-refractivity contribution is 5.96. The predicted octanol–water partition coefficient (Wildman–Crippen LogP) is 3.96. The average Bonchev–Trinajstić information content (AvgIpc) is 2.57. The van der Waals surface area contributed by atoms with E-state index in [1.165, 1.54) is 0 Å². The van der Waals surface area contributed by atoms with Gasteiger partial charge in [-0.25, -0.2) is 0 Å². The van der Waals surface area contributed by atoms with Crippen LogP contribution in [0.2, 0.25) is 0 Å². The van der Waals surface area contributed by atoms with Gasteiger partial charge in [-0.05, 0) is 22.9 Å². The van der Waals surface area contributed by atoms with E-state index in [1.807, 2.05) is 66.7 Å². The Morgan fingerprint density at radius 2 is 1.45 bits per heavy atom. The summed E-state index contributed by atoms with van der Waals surface area (Å²) in [5, 5.41) is 12.8. The van der Waals surface area contributed by atoms with Crippen LogP contribution in [-0.4, -0.2) is 9.90 Å². The Hall–Kier alpha value is -3.07. The molecule has 0 unspecified atom stereocenters. The molecule has 1 aromatic heterocycles. The van der Waals surface area contributed by atoms with E-state index in [0.29, 0.717) is 16.5 Å². The van der Waals surface area contributed by atoms with E-state index in [9.17, 15) is 9.90 Å².